The van der Waals surface area contributed by atoms with E-state index in [1.54, 1.807) is 0 Å². The maximum absolute atomic E-state index is 6.04. The van der Waals surface area contributed by atoms with Crippen LogP contribution in [-0.2, 0) is 11.2 Å². The first-order valence-electron chi connectivity index (χ1n) is 10.1. The average molecular weight is 425 g/mol. The Bertz CT molecular complexity index is 741. The second kappa shape index (κ2) is 9.62. The number of aromatic nitrogens is 1. The summed E-state index contributed by atoms with van der Waals surface area (Å²) in [5, 5.41) is 0.796. The van der Waals surface area contributed by atoms with Crippen molar-refractivity contribution in [1.29, 1.82) is 0 Å². The van der Waals surface area contributed by atoms with Crippen molar-refractivity contribution in [2.24, 2.45) is 0 Å². The van der Waals surface area contributed by atoms with Crippen LogP contribution >= 0.6 is 24.0 Å². The molecule has 4 rings (SSSR count). The standard InChI is InChI=1S/C22H29ClN2O2.ClH/c1-15-12-24-22(27-15)18-5-9-20(10-6-18)25-13-16(2)26-14-21(25)11-17-3-7-19(23)8-4-17;/h3-4,7-8,12,16,18,20-21H,5-6,9-11,13-14H2,1-2H3;1H/t16-,18?,20?,21-;/m0./s1. The summed E-state index contributed by atoms with van der Waals surface area (Å²) >= 11 is 6.04. The van der Waals surface area contributed by atoms with E-state index in [2.05, 4.69) is 28.9 Å². The number of ether oxygens (including phenoxy) is 1. The molecule has 28 heavy (non-hydrogen) atoms. The van der Waals surface area contributed by atoms with E-state index in [4.69, 9.17) is 20.8 Å². The minimum absolute atomic E-state index is 0. The van der Waals surface area contributed by atoms with Gasteiger partial charge in [-0.2, -0.15) is 0 Å². The summed E-state index contributed by atoms with van der Waals surface area (Å²) in [6.45, 7) is 5.99. The molecule has 1 aromatic heterocycles. The Hall–Kier alpha value is -1.07. The molecule has 6 heteroatoms. The fourth-order valence-corrected chi connectivity index (χ4v) is 4.73. The average Bonchev–Trinajstić information content (AvgIpc) is 3.11. The second-order valence-corrected chi connectivity index (χ2v) is 8.58. The van der Waals surface area contributed by atoms with E-state index in [9.17, 15) is 0 Å². The molecule has 2 heterocycles. The van der Waals surface area contributed by atoms with Crippen LogP contribution in [0.3, 0.4) is 0 Å². The summed E-state index contributed by atoms with van der Waals surface area (Å²) in [6.07, 6.45) is 7.88. The summed E-state index contributed by atoms with van der Waals surface area (Å²) in [5.74, 6) is 2.32. The van der Waals surface area contributed by atoms with Crippen LogP contribution in [0.15, 0.2) is 34.9 Å². The largest absolute Gasteiger partial charge is 0.446 e. The van der Waals surface area contributed by atoms with Crippen molar-refractivity contribution in [2.45, 2.75) is 70.1 Å². The maximum Gasteiger partial charge on any atom is 0.197 e. The predicted octanol–water partition coefficient (Wildman–Crippen LogP) is 5.42. The summed E-state index contributed by atoms with van der Waals surface area (Å²) < 4.78 is 11.8. The molecule has 4 nitrogen and oxygen atoms in total. The van der Waals surface area contributed by atoms with Gasteiger partial charge >= 0.3 is 0 Å². The van der Waals surface area contributed by atoms with E-state index >= 15 is 0 Å². The highest BCUT2D eigenvalue weighted by atomic mass is 35.5. The van der Waals surface area contributed by atoms with Gasteiger partial charge in [0.05, 0.1) is 18.9 Å². The number of aryl methyl sites for hydroxylation is 1. The molecule has 1 aromatic carbocycles. The first kappa shape index (κ1) is 21.6. The Morgan fingerprint density at radius 3 is 2.50 bits per heavy atom. The lowest BCUT2D eigenvalue weighted by molar-refractivity contribution is -0.0771. The second-order valence-electron chi connectivity index (χ2n) is 8.14. The number of rotatable bonds is 4. The molecule has 0 spiro atoms. The summed E-state index contributed by atoms with van der Waals surface area (Å²) in [7, 11) is 0. The van der Waals surface area contributed by atoms with Crippen LogP contribution in [0.25, 0.3) is 0 Å². The molecule has 0 amide bonds. The zero-order valence-electron chi connectivity index (χ0n) is 16.6. The molecule has 1 saturated carbocycles. The maximum atomic E-state index is 6.04. The zero-order chi connectivity index (χ0) is 18.8. The number of nitrogens with zero attached hydrogens (tertiary/aromatic N) is 2. The van der Waals surface area contributed by atoms with Crippen LogP contribution in [-0.4, -0.2) is 41.2 Å². The lowest BCUT2D eigenvalue weighted by atomic mass is 9.84. The predicted molar refractivity (Wildman–Crippen MR) is 115 cm³/mol. The van der Waals surface area contributed by atoms with E-state index in [0.717, 1.165) is 49.1 Å². The SMILES string of the molecule is Cc1cnc(C2CCC(N3C[C@H](C)OC[C@@H]3Cc3ccc(Cl)cc3)CC2)o1.Cl. The van der Waals surface area contributed by atoms with Crippen LogP contribution in [0.1, 0.15) is 55.7 Å². The van der Waals surface area contributed by atoms with Gasteiger partial charge in [-0.15, -0.1) is 12.4 Å². The molecule has 154 valence electrons. The molecular formula is C22H30Cl2N2O2. The number of hydrogen-bond donors (Lipinski definition) is 0. The lowest BCUT2D eigenvalue weighted by Crippen LogP contribution is -2.54. The zero-order valence-corrected chi connectivity index (χ0v) is 18.2. The van der Waals surface area contributed by atoms with Gasteiger partial charge in [0.2, 0.25) is 0 Å². The Kier molecular flexibility index (Phi) is 7.43. The molecule has 1 saturated heterocycles. The molecule has 2 aliphatic rings. The number of halogens is 2. The van der Waals surface area contributed by atoms with E-state index in [1.807, 2.05) is 25.3 Å². The summed E-state index contributed by atoms with van der Waals surface area (Å²) in [6, 6.07) is 9.31. The Labute approximate surface area is 179 Å². The molecule has 0 radical (unpaired) electrons. The van der Waals surface area contributed by atoms with Crippen molar-refractivity contribution in [3.63, 3.8) is 0 Å². The van der Waals surface area contributed by atoms with Crippen molar-refractivity contribution in [3.05, 3.63) is 52.7 Å². The quantitative estimate of drug-likeness (QED) is 0.656. The van der Waals surface area contributed by atoms with Crippen LogP contribution in [0.5, 0.6) is 0 Å². The minimum Gasteiger partial charge on any atom is -0.446 e. The van der Waals surface area contributed by atoms with Crippen molar-refractivity contribution in [2.75, 3.05) is 13.2 Å². The van der Waals surface area contributed by atoms with Gasteiger partial charge in [0.15, 0.2) is 5.89 Å². The van der Waals surface area contributed by atoms with Gasteiger partial charge in [-0.1, -0.05) is 23.7 Å². The first-order valence-corrected chi connectivity index (χ1v) is 10.5. The first-order chi connectivity index (χ1) is 13.1. The highest BCUT2D eigenvalue weighted by Crippen LogP contribution is 2.36. The van der Waals surface area contributed by atoms with Crippen molar-refractivity contribution in [3.8, 4) is 0 Å². The molecule has 1 aliphatic carbocycles. The third-order valence-corrected chi connectivity index (χ3v) is 6.30. The van der Waals surface area contributed by atoms with Gasteiger partial charge in [-0.05, 0) is 63.6 Å². The Balaban J connectivity index is 0.00000225. The van der Waals surface area contributed by atoms with E-state index in [-0.39, 0.29) is 12.4 Å². The number of benzene rings is 1. The molecule has 2 fully saturated rings. The highest BCUT2D eigenvalue weighted by Gasteiger charge is 2.35. The molecule has 0 unspecified atom stereocenters. The van der Waals surface area contributed by atoms with Gasteiger partial charge < -0.3 is 9.15 Å². The minimum atomic E-state index is 0. The fourth-order valence-electron chi connectivity index (χ4n) is 4.60. The van der Waals surface area contributed by atoms with E-state index in [1.165, 1.54) is 18.4 Å². The molecule has 2 atom stereocenters. The molecule has 0 N–H and O–H groups in total. The Morgan fingerprint density at radius 2 is 1.86 bits per heavy atom. The van der Waals surface area contributed by atoms with Gasteiger partial charge in [0.25, 0.3) is 0 Å². The number of oxazole rings is 1. The third-order valence-electron chi connectivity index (χ3n) is 6.05. The van der Waals surface area contributed by atoms with E-state index in [0.29, 0.717) is 24.1 Å². The van der Waals surface area contributed by atoms with Crippen LogP contribution in [0.4, 0.5) is 0 Å². The lowest BCUT2D eigenvalue weighted by Gasteiger charge is -2.45. The summed E-state index contributed by atoms with van der Waals surface area (Å²) in [5.41, 5.74) is 1.33. The summed E-state index contributed by atoms with van der Waals surface area (Å²) in [4.78, 5) is 7.16. The Morgan fingerprint density at radius 1 is 1.14 bits per heavy atom. The number of morpholine rings is 1. The van der Waals surface area contributed by atoms with Crippen molar-refractivity contribution in [1.82, 2.24) is 9.88 Å². The molecular weight excluding hydrogens is 395 g/mol. The van der Waals surface area contributed by atoms with Gasteiger partial charge in [0.1, 0.15) is 5.76 Å². The smallest absolute Gasteiger partial charge is 0.197 e. The van der Waals surface area contributed by atoms with Crippen LogP contribution in [0, 0.1) is 6.92 Å². The van der Waals surface area contributed by atoms with Crippen LogP contribution < -0.4 is 0 Å². The molecule has 0 bridgehead atoms. The van der Waals surface area contributed by atoms with Crippen LogP contribution in [0.2, 0.25) is 5.02 Å². The fraction of sp³-hybridized carbons (Fsp3) is 0.591. The molecule has 1 aliphatic heterocycles. The normalized spacial score (nSPS) is 28.7. The van der Waals surface area contributed by atoms with Gasteiger partial charge in [-0.25, -0.2) is 4.98 Å². The third kappa shape index (κ3) is 5.10. The van der Waals surface area contributed by atoms with E-state index < -0.39 is 0 Å². The molecule has 2 aromatic rings. The highest BCUT2D eigenvalue weighted by molar-refractivity contribution is 6.30. The monoisotopic (exact) mass is 424 g/mol. The van der Waals surface area contributed by atoms with Gasteiger partial charge in [0, 0.05) is 29.6 Å². The van der Waals surface area contributed by atoms with Crippen molar-refractivity contribution >= 4 is 24.0 Å². The topological polar surface area (TPSA) is 38.5 Å². The number of hydrogen-bond acceptors (Lipinski definition) is 4. The van der Waals surface area contributed by atoms with Crippen molar-refractivity contribution < 1.29 is 9.15 Å². The van der Waals surface area contributed by atoms with Gasteiger partial charge in [-0.3, -0.25) is 4.90 Å².